The summed E-state index contributed by atoms with van der Waals surface area (Å²) in [5, 5.41) is 16.0. The average molecular weight is 340 g/mol. The molecule has 9 heteroatoms. The van der Waals surface area contributed by atoms with Crippen molar-refractivity contribution in [2.75, 3.05) is 12.4 Å². The highest BCUT2D eigenvalue weighted by atomic mass is 32.2. The number of thioether (sulfide) groups is 1. The molecule has 0 aliphatic rings. The third-order valence-electron chi connectivity index (χ3n) is 3.04. The Labute approximate surface area is 132 Å². The van der Waals surface area contributed by atoms with Crippen molar-refractivity contribution in [3.63, 3.8) is 0 Å². The second kappa shape index (κ2) is 6.17. The number of aromatic nitrogens is 4. The molecule has 0 spiro atoms. The van der Waals surface area contributed by atoms with E-state index in [1.54, 1.807) is 36.4 Å². The predicted molar refractivity (Wildman–Crippen MR) is 80.2 cm³/mol. The van der Waals surface area contributed by atoms with E-state index >= 15 is 0 Å². The molecule has 0 saturated heterocycles. The van der Waals surface area contributed by atoms with Gasteiger partial charge in [-0.1, -0.05) is 36.0 Å². The molecular weight excluding hydrogens is 329 g/mol. The van der Waals surface area contributed by atoms with Crippen molar-refractivity contribution >= 4 is 28.4 Å². The lowest BCUT2D eigenvalue weighted by molar-refractivity contribution is -0.145. The highest BCUT2D eigenvalue weighted by Gasteiger charge is 2.38. The van der Waals surface area contributed by atoms with Crippen LogP contribution in [0.5, 0.6) is 0 Å². The Hall–Kier alpha value is -2.13. The standard InChI is InChI=1S/C14H11F3N4OS/c15-14(16,17)13-20-19-11-12(23-8-4-3-7-22)18-9-5-1-2-6-10(9)21(11)13/h1-6,22H,7-8H2/b4-3+. The molecule has 0 atom stereocenters. The van der Waals surface area contributed by atoms with E-state index in [1.807, 2.05) is 0 Å². The fourth-order valence-electron chi connectivity index (χ4n) is 2.11. The molecule has 23 heavy (non-hydrogen) atoms. The molecule has 1 aromatic carbocycles. The summed E-state index contributed by atoms with van der Waals surface area (Å²) in [5.74, 6) is -0.616. The molecule has 0 unspecified atom stereocenters. The number of nitrogens with zero attached hydrogens (tertiary/aromatic N) is 4. The van der Waals surface area contributed by atoms with Crippen LogP contribution in [0.4, 0.5) is 13.2 Å². The molecule has 3 aromatic rings. The number of hydrogen-bond acceptors (Lipinski definition) is 5. The number of para-hydroxylation sites is 2. The number of fused-ring (bicyclic) bond motifs is 3. The van der Waals surface area contributed by atoms with Crippen molar-refractivity contribution in [1.29, 1.82) is 0 Å². The van der Waals surface area contributed by atoms with Gasteiger partial charge in [0.1, 0.15) is 5.03 Å². The zero-order valence-corrected chi connectivity index (χ0v) is 12.5. The Morgan fingerprint density at radius 2 is 1.96 bits per heavy atom. The molecule has 0 bridgehead atoms. The molecule has 120 valence electrons. The van der Waals surface area contributed by atoms with Crippen LogP contribution in [-0.2, 0) is 6.18 Å². The Bertz CT molecular complexity index is 875. The van der Waals surface area contributed by atoms with E-state index in [0.29, 0.717) is 21.8 Å². The summed E-state index contributed by atoms with van der Waals surface area (Å²) in [6.45, 7) is -0.0930. The van der Waals surface area contributed by atoms with Crippen LogP contribution >= 0.6 is 11.8 Å². The largest absolute Gasteiger partial charge is 0.452 e. The van der Waals surface area contributed by atoms with Gasteiger partial charge in [0.05, 0.1) is 17.6 Å². The zero-order chi connectivity index (χ0) is 16.4. The maximum atomic E-state index is 13.2. The summed E-state index contributed by atoms with van der Waals surface area (Å²) in [5.41, 5.74) is 0.799. The van der Waals surface area contributed by atoms with E-state index < -0.39 is 12.0 Å². The molecule has 0 saturated carbocycles. The van der Waals surface area contributed by atoms with Gasteiger partial charge in [-0.25, -0.2) is 4.98 Å². The molecule has 0 fully saturated rings. The molecule has 2 aromatic heterocycles. The minimum Gasteiger partial charge on any atom is -0.392 e. The lowest BCUT2D eigenvalue weighted by atomic mass is 10.3. The Kier molecular flexibility index (Phi) is 4.22. The maximum Gasteiger partial charge on any atom is 0.452 e. The summed E-state index contributed by atoms with van der Waals surface area (Å²) in [6.07, 6.45) is -1.35. The van der Waals surface area contributed by atoms with Crippen LogP contribution < -0.4 is 0 Å². The normalized spacial score (nSPS) is 12.7. The third-order valence-corrected chi connectivity index (χ3v) is 3.95. The first-order chi connectivity index (χ1) is 11.0. The van der Waals surface area contributed by atoms with Gasteiger partial charge in [-0.3, -0.25) is 4.40 Å². The minimum absolute atomic E-state index is 0.0680. The fraction of sp³-hybridized carbons (Fsp3) is 0.214. The van der Waals surface area contributed by atoms with Crippen LogP contribution in [0.1, 0.15) is 5.82 Å². The summed E-state index contributed by atoms with van der Waals surface area (Å²) in [7, 11) is 0. The van der Waals surface area contributed by atoms with Crippen LogP contribution in [-0.4, -0.2) is 37.0 Å². The van der Waals surface area contributed by atoms with Gasteiger partial charge in [0.15, 0.2) is 5.65 Å². The van der Waals surface area contributed by atoms with E-state index in [9.17, 15) is 13.2 Å². The number of hydrogen-bond donors (Lipinski definition) is 1. The SMILES string of the molecule is OC/C=C/CSc1nc2ccccc2n2c(C(F)(F)F)nnc12. The fourth-order valence-corrected chi connectivity index (χ4v) is 2.92. The van der Waals surface area contributed by atoms with E-state index in [4.69, 9.17) is 5.11 Å². The van der Waals surface area contributed by atoms with Crippen LogP contribution in [0.2, 0.25) is 0 Å². The molecule has 2 heterocycles. The quantitative estimate of drug-likeness (QED) is 0.584. The molecule has 5 nitrogen and oxygen atoms in total. The summed E-state index contributed by atoms with van der Waals surface area (Å²) >= 11 is 1.23. The van der Waals surface area contributed by atoms with E-state index in [0.717, 1.165) is 4.40 Å². The van der Waals surface area contributed by atoms with E-state index in [1.165, 1.54) is 11.8 Å². The lowest BCUT2D eigenvalue weighted by Crippen LogP contribution is -2.11. The Morgan fingerprint density at radius 3 is 2.70 bits per heavy atom. The van der Waals surface area contributed by atoms with Crippen molar-refractivity contribution in [2.24, 2.45) is 0 Å². The van der Waals surface area contributed by atoms with Gasteiger partial charge in [-0.15, -0.1) is 10.2 Å². The first-order valence-electron chi connectivity index (χ1n) is 6.62. The van der Waals surface area contributed by atoms with Gasteiger partial charge in [0, 0.05) is 5.75 Å². The lowest BCUT2D eigenvalue weighted by Gasteiger charge is -2.09. The highest BCUT2D eigenvalue weighted by Crippen LogP contribution is 2.32. The molecular formula is C14H11F3N4OS. The third kappa shape index (κ3) is 3.02. The molecule has 3 rings (SSSR count). The van der Waals surface area contributed by atoms with Crippen LogP contribution in [0, 0.1) is 0 Å². The number of aliphatic hydroxyl groups is 1. The Morgan fingerprint density at radius 1 is 1.17 bits per heavy atom. The maximum absolute atomic E-state index is 13.2. The van der Waals surface area contributed by atoms with Gasteiger partial charge < -0.3 is 5.11 Å². The molecule has 0 aliphatic carbocycles. The second-order valence-corrected chi connectivity index (χ2v) is 5.56. The van der Waals surface area contributed by atoms with Gasteiger partial charge in [-0.2, -0.15) is 13.2 Å². The predicted octanol–water partition coefficient (Wildman–Crippen LogP) is 2.94. The Balaban J connectivity index is 2.20. The summed E-state index contributed by atoms with van der Waals surface area (Å²) in [4.78, 5) is 4.37. The highest BCUT2D eigenvalue weighted by molar-refractivity contribution is 7.99. The van der Waals surface area contributed by atoms with Crippen LogP contribution in [0.25, 0.3) is 16.7 Å². The van der Waals surface area contributed by atoms with E-state index in [-0.39, 0.29) is 12.3 Å². The van der Waals surface area contributed by atoms with Crippen molar-refractivity contribution < 1.29 is 18.3 Å². The van der Waals surface area contributed by atoms with Crippen molar-refractivity contribution in [3.05, 3.63) is 42.2 Å². The van der Waals surface area contributed by atoms with E-state index in [2.05, 4.69) is 15.2 Å². The van der Waals surface area contributed by atoms with Gasteiger partial charge in [0.25, 0.3) is 0 Å². The number of halogens is 3. The average Bonchev–Trinajstić information content (AvgIpc) is 2.97. The topological polar surface area (TPSA) is 63.3 Å². The number of alkyl halides is 3. The number of rotatable bonds is 4. The summed E-state index contributed by atoms with van der Waals surface area (Å²) < 4.78 is 40.5. The monoisotopic (exact) mass is 340 g/mol. The van der Waals surface area contributed by atoms with Crippen molar-refractivity contribution in [3.8, 4) is 0 Å². The summed E-state index contributed by atoms with van der Waals surface area (Å²) in [6, 6.07) is 6.54. The number of benzene rings is 1. The van der Waals surface area contributed by atoms with Crippen molar-refractivity contribution in [2.45, 2.75) is 11.2 Å². The minimum atomic E-state index is -4.61. The molecule has 0 aliphatic heterocycles. The molecule has 1 N–H and O–H groups in total. The first-order valence-corrected chi connectivity index (χ1v) is 7.60. The van der Waals surface area contributed by atoms with Gasteiger partial charge in [0.2, 0.25) is 5.82 Å². The first kappa shape index (κ1) is 15.8. The van der Waals surface area contributed by atoms with Crippen LogP contribution in [0.15, 0.2) is 41.4 Å². The van der Waals surface area contributed by atoms with Gasteiger partial charge >= 0.3 is 6.18 Å². The molecule has 0 radical (unpaired) electrons. The smallest absolute Gasteiger partial charge is 0.392 e. The molecule has 0 amide bonds. The number of aliphatic hydroxyl groups excluding tert-OH is 1. The van der Waals surface area contributed by atoms with Crippen LogP contribution in [0.3, 0.4) is 0 Å². The van der Waals surface area contributed by atoms with Crippen molar-refractivity contribution in [1.82, 2.24) is 19.6 Å². The van der Waals surface area contributed by atoms with Gasteiger partial charge in [-0.05, 0) is 12.1 Å². The zero-order valence-electron chi connectivity index (χ0n) is 11.7. The second-order valence-electron chi connectivity index (χ2n) is 4.55.